The topological polar surface area (TPSA) is 86.0 Å². The van der Waals surface area contributed by atoms with E-state index in [2.05, 4.69) is 25.4 Å². The monoisotopic (exact) mass is 407 g/mol. The third kappa shape index (κ3) is 4.61. The molecule has 0 bridgehead atoms. The SMILES string of the molecule is Cc1csc(-c2nc(NC3CCC(F)(F)CC3)cc(OCc3ccon3)n2)n1. The number of halogens is 2. The first-order valence-electron chi connectivity index (χ1n) is 8.95. The molecule has 3 heterocycles. The van der Waals surface area contributed by atoms with E-state index in [1.54, 1.807) is 12.1 Å². The van der Waals surface area contributed by atoms with Crippen molar-refractivity contribution in [1.82, 2.24) is 20.1 Å². The Labute approximate surface area is 164 Å². The van der Waals surface area contributed by atoms with Gasteiger partial charge in [0.2, 0.25) is 11.8 Å². The molecule has 1 saturated carbocycles. The van der Waals surface area contributed by atoms with Crippen LogP contribution in [0.5, 0.6) is 5.88 Å². The summed E-state index contributed by atoms with van der Waals surface area (Å²) >= 11 is 1.44. The standard InChI is InChI=1S/C18H19F2N5O2S/c1-11-10-28-17(21-11)16-23-14(22-12-2-5-18(19,20)6-3-12)8-15(24-16)26-9-13-4-7-27-25-13/h4,7-8,10,12H,2-3,5-6,9H2,1H3,(H,22,23,24). The molecule has 1 aliphatic carbocycles. The highest BCUT2D eigenvalue weighted by Crippen LogP contribution is 2.34. The van der Waals surface area contributed by atoms with E-state index in [0.29, 0.717) is 41.1 Å². The van der Waals surface area contributed by atoms with Gasteiger partial charge in [0.15, 0.2) is 10.8 Å². The number of nitrogens with zero attached hydrogens (tertiary/aromatic N) is 4. The molecule has 7 nitrogen and oxygen atoms in total. The van der Waals surface area contributed by atoms with Crippen molar-refractivity contribution >= 4 is 17.2 Å². The summed E-state index contributed by atoms with van der Waals surface area (Å²) in [5.74, 6) is -1.26. The van der Waals surface area contributed by atoms with E-state index >= 15 is 0 Å². The third-order valence-corrected chi connectivity index (χ3v) is 5.40. The number of hydrogen-bond donors (Lipinski definition) is 1. The average molecular weight is 407 g/mol. The number of alkyl halides is 2. The van der Waals surface area contributed by atoms with Crippen LogP contribution < -0.4 is 10.1 Å². The molecule has 1 fully saturated rings. The highest BCUT2D eigenvalue weighted by molar-refractivity contribution is 7.13. The summed E-state index contributed by atoms with van der Waals surface area (Å²) in [6.07, 6.45) is 2.00. The van der Waals surface area contributed by atoms with Gasteiger partial charge in [-0.05, 0) is 19.8 Å². The lowest BCUT2D eigenvalue weighted by atomic mass is 9.92. The lowest BCUT2D eigenvalue weighted by molar-refractivity contribution is -0.0361. The van der Waals surface area contributed by atoms with Crippen LogP contribution in [0, 0.1) is 6.92 Å². The van der Waals surface area contributed by atoms with Crippen LogP contribution in [0.4, 0.5) is 14.6 Å². The fourth-order valence-corrected chi connectivity index (χ4v) is 3.71. The molecule has 10 heteroatoms. The largest absolute Gasteiger partial charge is 0.471 e. The van der Waals surface area contributed by atoms with Crippen molar-refractivity contribution in [3.63, 3.8) is 0 Å². The smallest absolute Gasteiger partial charge is 0.248 e. The second-order valence-corrected chi connectivity index (χ2v) is 7.62. The minimum Gasteiger partial charge on any atom is -0.471 e. The number of thiazole rings is 1. The van der Waals surface area contributed by atoms with Gasteiger partial charge in [-0.1, -0.05) is 5.16 Å². The van der Waals surface area contributed by atoms with Crippen LogP contribution in [0.3, 0.4) is 0 Å². The van der Waals surface area contributed by atoms with E-state index in [0.717, 1.165) is 5.69 Å². The molecule has 3 aromatic heterocycles. The Balaban J connectivity index is 1.54. The van der Waals surface area contributed by atoms with Crippen molar-refractivity contribution < 1.29 is 18.0 Å². The zero-order valence-electron chi connectivity index (χ0n) is 15.2. The van der Waals surface area contributed by atoms with E-state index in [-0.39, 0.29) is 25.5 Å². The maximum absolute atomic E-state index is 13.4. The molecule has 0 atom stereocenters. The molecule has 0 aliphatic heterocycles. The van der Waals surface area contributed by atoms with Gasteiger partial charge >= 0.3 is 0 Å². The van der Waals surface area contributed by atoms with E-state index in [1.807, 2.05) is 12.3 Å². The maximum atomic E-state index is 13.4. The highest BCUT2D eigenvalue weighted by atomic mass is 32.1. The maximum Gasteiger partial charge on any atom is 0.248 e. The van der Waals surface area contributed by atoms with Crippen molar-refractivity contribution in [3.8, 4) is 16.7 Å². The molecule has 0 amide bonds. The number of anilines is 1. The summed E-state index contributed by atoms with van der Waals surface area (Å²) in [7, 11) is 0. The van der Waals surface area contributed by atoms with Crippen molar-refractivity contribution in [1.29, 1.82) is 0 Å². The number of hydrogen-bond acceptors (Lipinski definition) is 8. The van der Waals surface area contributed by atoms with Crippen LogP contribution in [0.15, 0.2) is 28.3 Å². The summed E-state index contributed by atoms with van der Waals surface area (Å²) in [5, 5.41) is 9.64. The molecule has 148 valence electrons. The van der Waals surface area contributed by atoms with Gasteiger partial charge in [-0.3, -0.25) is 0 Å². The van der Waals surface area contributed by atoms with E-state index in [9.17, 15) is 8.78 Å². The van der Waals surface area contributed by atoms with Crippen molar-refractivity contribution in [2.75, 3.05) is 5.32 Å². The van der Waals surface area contributed by atoms with Crippen molar-refractivity contribution in [3.05, 3.63) is 35.2 Å². The van der Waals surface area contributed by atoms with Gasteiger partial charge < -0.3 is 14.6 Å². The van der Waals surface area contributed by atoms with Crippen LogP contribution in [-0.2, 0) is 6.61 Å². The van der Waals surface area contributed by atoms with E-state index in [4.69, 9.17) is 9.26 Å². The number of ether oxygens (including phenoxy) is 1. The van der Waals surface area contributed by atoms with Crippen LogP contribution in [0.1, 0.15) is 37.1 Å². The second kappa shape index (κ2) is 7.78. The Hall–Kier alpha value is -2.62. The van der Waals surface area contributed by atoms with Crippen molar-refractivity contribution in [2.45, 2.75) is 51.2 Å². The predicted octanol–water partition coefficient (Wildman–Crippen LogP) is 4.47. The summed E-state index contributed by atoms with van der Waals surface area (Å²) in [5.41, 5.74) is 1.51. The lowest BCUT2D eigenvalue weighted by Gasteiger charge is -2.29. The van der Waals surface area contributed by atoms with Gasteiger partial charge in [-0.2, -0.15) is 4.98 Å². The quantitative estimate of drug-likeness (QED) is 0.645. The molecule has 0 radical (unpaired) electrons. The molecule has 3 aromatic rings. The molecule has 0 spiro atoms. The van der Waals surface area contributed by atoms with Gasteiger partial charge in [0, 0.05) is 42.1 Å². The number of aryl methyl sites for hydroxylation is 1. The van der Waals surface area contributed by atoms with Crippen LogP contribution >= 0.6 is 11.3 Å². The second-order valence-electron chi connectivity index (χ2n) is 6.76. The van der Waals surface area contributed by atoms with Gasteiger partial charge in [0.25, 0.3) is 0 Å². The minimum atomic E-state index is -2.57. The first-order chi connectivity index (χ1) is 13.5. The molecule has 0 unspecified atom stereocenters. The van der Waals surface area contributed by atoms with E-state index in [1.165, 1.54) is 17.6 Å². The first-order valence-corrected chi connectivity index (χ1v) is 9.83. The fourth-order valence-electron chi connectivity index (χ4n) is 2.98. The number of aromatic nitrogens is 4. The van der Waals surface area contributed by atoms with Crippen LogP contribution in [0.25, 0.3) is 10.8 Å². The molecule has 28 heavy (non-hydrogen) atoms. The summed E-state index contributed by atoms with van der Waals surface area (Å²) in [4.78, 5) is 13.4. The third-order valence-electron chi connectivity index (χ3n) is 4.44. The lowest BCUT2D eigenvalue weighted by Crippen LogP contribution is -2.32. The molecule has 0 saturated heterocycles. The van der Waals surface area contributed by atoms with Crippen LogP contribution in [-0.4, -0.2) is 32.1 Å². The molecular formula is C18H19F2N5O2S. The Kier molecular flexibility index (Phi) is 5.21. The first kappa shape index (κ1) is 18.7. The Morgan fingerprint density at radius 2 is 2.11 bits per heavy atom. The zero-order valence-corrected chi connectivity index (χ0v) is 16.0. The van der Waals surface area contributed by atoms with E-state index < -0.39 is 5.92 Å². The normalized spacial score (nSPS) is 16.8. The fraction of sp³-hybridized carbons (Fsp3) is 0.444. The Morgan fingerprint density at radius 1 is 1.29 bits per heavy atom. The highest BCUT2D eigenvalue weighted by Gasteiger charge is 2.35. The van der Waals surface area contributed by atoms with Gasteiger partial charge in [-0.25, -0.2) is 18.7 Å². The molecular weight excluding hydrogens is 388 g/mol. The zero-order chi connectivity index (χ0) is 19.6. The summed E-state index contributed by atoms with van der Waals surface area (Å²) in [6.45, 7) is 2.09. The Morgan fingerprint density at radius 3 is 2.79 bits per heavy atom. The molecule has 1 N–H and O–H groups in total. The van der Waals surface area contributed by atoms with Crippen molar-refractivity contribution in [2.24, 2.45) is 0 Å². The molecule has 4 rings (SSSR count). The number of nitrogens with one attached hydrogen (secondary N) is 1. The molecule has 0 aromatic carbocycles. The van der Waals surface area contributed by atoms with Gasteiger partial charge in [0.05, 0.1) is 0 Å². The summed E-state index contributed by atoms with van der Waals surface area (Å²) in [6, 6.07) is 3.30. The molecule has 1 aliphatic rings. The minimum absolute atomic E-state index is 0.0659. The van der Waals surface area contributed by atoms with Gasteiger partial charge in [-0.15, -0.1) is 11.3 Å². The average Bonchev–Trinajstić information content (AvgIpc) is 3.33. The Bertz CT molecular complexity index is 922. The van der Waals surface area contributed by atoms with Crippen LogP contribution in [0.2, 0.25) is 0 Å². The summed E-state index contributed by atoms with van der Waals surface area (Å²) < 4.78 is 37.3. The predicted molar refractivity (Wildman–Crippen MR) is 99.5 cm³/mol. The van der Waals surface area contributed by atoms with Gasteiger partial charge in [0.1, 0.15) is 24.4 Å². The number of rotatable bonds is 6.